The summed E-state index contributed by atoms with van der Waals surface area (Å²) in [5.74, 6) is 0.801. The topological polar surface area (TPSA) is 53.1 Å². The molecule has 0 aliphatic carbocycles. The van der Waals surface area contributed by atoms with Crippen molar-refractivity contribution < 1.29 is 14.3 Å². The maximum absolute atomic E-state index is 13.0. The number of ether oxygens (including phenoxy) is 1. The second-order valence-electron chi connectivity index (χ2n) is 7.28. The maximum Gasteiger partial charge on any atom is 0.255 e. The highest BCUT2D eigenvalue weighted by atomic mass is 16.5. The van der Waals surface area contributed by atoms with Crippen LogP contribution < -0.4 is 9.64 Å². The first-order valence-electron chi connectivity index (χ1n) is 9.65. The van der Waals surface area contributed by atoms with Gasteiger partial charge in [0, 0.05) is 50.0 Å². The van der Waals surface area contributed by atoms with Crippen LogP contribution in [0.3, 0.4) is 0 Å². The summed E-state index contributed by atoms with van der Waals surface area (Å²) in [6, 6.07) is 15.1. The summed E-state index contributed by atoms with van der Waals surface area (Å²) in [6.45, 7) is 5.16. The quantitative estimate of drug-likeness (QED) is 0.819. The van der Waals surface area contributed by atoms with Crippen LogP contribution in [-0.4, -0.2) is 60.9 Å². The van der Waals surface area contributed by atoms with Crippen LogP contribution in [0.1, 0.15) is 22.8 Å². The van der Waals surface area contributed by atoms with Crippen molar-refractivity contribution in [3.63, 3.8) is 0 Å². The molecule has 2 amide bonds. The highest BCUT2D eigenvalue weighted by Gasteiger charge is 2.36. The van der Waals surface area contributed by atoms with E-state index in [9.17, 15) is 9.59 Å². The minimum Gasteiger partial charge on any atom is -0.497 e. The molecule has 2 aromatic rings. The Hall–Kier alpha value is -3.02. The van der Waals surface area contributed by atoms with Gasteiger partial charge in [0.15, 0.2) is 0 Å². The molecule has 0 saturated carbocycles. The number of hydrogen-bond acceptors (Lipinski definition) is 4. The van der Waals surface area contributed by atoms with Crippen molar-refractivity contribution >= 4 is 17.5 Å². The molecule has 28 heavy (non-hydrogen) atoms. The van der Waals surface area contributed by atoms with Crippen molar-refractivity contribution in [2.24, 2.45) is 0 Å². The summed E-state index contributed by atoms with van der Waals surface area (Å²) in [7, 11) is 1.66. The number of carbonyl (C=O) groups excluding carboxylic acids is 2. The van der Waals surface area contributed by atoms with Crippen LogP contribution in [0.25, 0.3) is 0 Å². The Morgan fingerprint density at radius 3 is 2.50 bits per heavy atom. The SMILES string of the molecule is COc1cccc(N2CCN(C(=O)[C@@H](C)N3Cc4ccccc4C3=O)CC2)c1. The third-order valence-electron chi connectivity index (χ3n) is 5.68. The second-order valence-corrected chi connectivity index (χ2v) is 7.28. The summed E-state index contributed by atoms with van der Waals surface area (Å²) >= 11 is 0. The third kappa shape index (κ3) is 3.30. The van der Waals surface area contributed by atoms with Gasteiger partial charge in [0.2, 0.25) is 5.91 Å². The molecule has 146 valence electrons. The average Bonchev–Trinajstić information content (AvgIpc) is 3.09. The summed E-state index contributed by atoms with van der Waals surface area (Å²) in [4.78, 5) is 31.5. The molecule has 0 spiro atoms. The number of fused-ring (bicyclic) bond motifs is 1. The maximum atomic E-state index is 13.0. The Kier molecular flexibility index (Phi) is 4.94. The zero-order valence-corrected chi connectivity index (χ0v) is 16.3. The van der Waals surface area contributed by atoms with Crippen LogP contribution in [-0.2, 0) is 11.3 Å². The minimum atomic E-state index is -0.455. The average molecular weight is 379 g/mol. The predicted octanol–water partition coefficient (Wildman–Crippen LogP) is 2.39. The van der Waals surface area contributed by atoms with Crippen LogP contribution in [0.15, 0.2) is 48.5 Å². The first kappa shape index (κ1) is 18.3. The summed E-state index contributed by atoms with van der Waals surface area (Å²) in [5.41, 5.74) is 2.81. The van der Waals surface area contributed by atoms with E-state index in [4.69, 9.17) is 4.74 Å². The van der Waals surface area contributed by atoms with Crippen LogP contribution in [0.5, 0.6) is 5.75 Å². The largest absolute Gasteiger partial charge is 0.497 e. The third-order valence-corrected chi connectivity index (χ3v) is 5.68. The highest BCUT2D eigenvalue weighted by Crippen LogP contribution is 2.26. The van der Waals surface area contributed by atoms with Gasteiger partial charge in [-0.2, -0.15) is 0 Å². The van der Waals surface area contributed by atoms with E-state index < -0.39 is 6.04 Å². The normalized spacial score (nSPS) is 17.5. The zero-order chi connectivity index (χ0) is 19.7. The van der Waals surface area contributed by atoms with Crippen LogP contribution in [0.2, 0.25) is 0 Å². The number of piperazine rings is 1. The number of anilines is 1. The molecule has 0 aromatic heterocycles. The number of nitrogens with zero attached hydrogens (tertiary/aromatic N) is 3. The molecule has 1 atom stereocenters. The molecule has 0 N–H and O–H groups in total. The smallest absolute Gasteiger partial charge is 0.255 e. The Morgan fingerprint density at radius 2 is 1.79 bits per heavy atom. The molecule has 2 heterocycles. The van der Waals surface area contributed by atoms with Crippen molar-refractivity contribution in [3.05, 3.63) is 59.7 Å². The van der Waals surface area contributed by atoms with Gasteiger partial charge >= 0.3 is 0 Å². The molecule has 0 radical (unpaired) electrons. The van der Waals surface area contributed by atoms with Crippen LogP contribution >= 0.6 is 0 Å². The molecular formula is C22H25N3O3. The Morgan fingerprint density at radius 1 is 1.04 bits per heavy atom. The lowest BCUT2D eigenvalue weighted by Crippen LogP contribution is -2.54. The standard InChI is InChI=1S/C22H25N3O3/c1-16(25-15-17-6-3-4-9-20(17)22(25)27)21(26)24-12-10-23(11-13-24)18-7-5-8-19(14-18)28-2/h3-9,14,16H,10-13,15H2,1-2H3/t16-/m1/s1. The fourth-order valence-corrected chi connectivity index (χ4v) is 3.98. The Labute approximate surface area is 165 Å². The number of amides is 2. The molecule has 6 nitrogen and oxygen atoms in total. The number of benzene rings is 2. The van der Waals surface area contributed by atoms with E-state index >= 15 is 0 Å². The first-order valence-corrected chi connectivity index (χ1v) is 9.65. The van der Waals surface area contributed by atoms with Gasteiger partial charge in [0.05, 0.1) is 7.11 Å². The molecule has 2 aliphatic heterocycles. The molecule has 1 saturated heterocycles. The molecule has 4 rings (SSSR count). The lowest BCUT2D eigenvalue weighted by atomic mass is 10.1. The Balaban J connectivity index is 1.38. The molecule has 6 heteroatoms. The first-order chi connectivity index (χ1) is 13.6. The lowest BCUT2D eigenvalue weighted by Gasteiger charge is -2.38. The monoisotopic (exact) mass is 379 g/mol. The van der Waals surface area contributed by atoms with Crippen LogP contribution in [0.4, 0.5) is 5.69 Å². The fraction of sp³-hybridized carbons (Fsp3) is 0.364. The summed E-state index contributed by atoms with van der Waals surface area (Å²) in [6.07, 6.45) is 0. The van der Waals surface area contributed by atoms with Crippen molar-refractivity contribution in [1.29, 1.82) is 0 Å². The number of methoxy groups -OCH3 is 1. The van der Waals surface area contributed by atoms with Gasteiger partial charge in [0.25, 0.3) is 5.91 Å². The molecule has 0 unspecified atom stereocenters. The van der Waals surface area contributed by atoms with Gasteiger partial charge in [-0.25, -0.2) is 0 Å². The van der Waals surface area contributed by atoms with Crippen molar-refractivity contribution in [2.75, 3.05) is 38.2 Å². The van der Waals surface area contributed by atoms with Gasteiger partial charge in [-0.15, -0.1) is 0 Å². The molecular weight excluding hydrogens is 354 g/mol. The van der Waals surface area contributed by atoms with Crippen molar-refractivity contribution in [2.45, 2.75) is 19.5 Å². The van der Waals surface area contributed by atoms with Crippen molar-refractivity contribution in [3.8, 4) is 5.75 Å². The highest BCUT2D eigenvalue weighted by molar-refractivity contribution is 6.01. The van der Waals surface area contributed by atoms with Gasteiger partial charge in [0.1, 0.15) is 11.8 Å². The second kappa shape index (κ2) is 7.54. The van der Waals surface area contributed by atoms with E-state index in [0.29, 0.717) is 25.2 Å². The number of rotatable bonds is 4. The molecule has 1 fully saturated rings. The Bertz CT molecular complexity index is 890. The van der Waals surface area contributed by atoms with Gasteiger partial charge in [-0.3, -0.25) is 9.59 Å². The summed E-state index contributed by atoms with van der Waals surface area (Å²) in [5, 5.41) is 0. The van der Waals surface area contributed by atoms with E-state index in [1.165, 1.54) is 0 Å². The number of carbonyl (C=O) groups is 2. The summed E-state index contributed by atoms with van der Waals surface area (Å²) < 4.78 is 5.30. The van der Waals surface area contributed by atoms with Crippen LogP contribution in [0, 0.1) is 0 Å². The van der Waals surface area contributed by atoms with Gasteiger partial charge in [-0.05, 0) is 30.7 Å². The predicted molar refractivity (Wildman–Crippen MR) is 108 cm³/mol. The van der Waals surface area contributed by atoms with E-state index in [-0.39, 0.29) is 11.8 Å². The fourth-order valence-electron chi connectivity index (χ4n) is 3.98. The van der Waals surface area contributed by atoms with E-state index in [1.807, 2.05) is 54.3 Å². The lowest BCUT2D eigenvalue weighted by molar-refractivity contribution is -0.136. The molecule has 2 aliphatic rings. The van der Waals surface area contributed by atoms with E-state index in [1.54, 1.807) is 12.0 Å². The number of hydrogen-bond donors (Lipinski definition) is 0. The molecule has 0 bridgehead atoms. The van der Waals surface area contributed by atoms with Crippen molar-refractivity contribution in [1.82, 2.24) is 9.80 Å². The van der Waals surface area contributed by atoms with E-state index in [0.717, 1.165) is 30.1 Å². The van der Waals surface area contributed by atoms with E-state index in [2.05, 4.69) is 11.0 Å². The van der Waals surface area contributed by atoms with Gasteiger partial charge in [-0.1, -0.05) is 24.3 Å². The minimum absolute atomic E-state index is 0.0199. The van der Waals surface area contributed by atoms with Gasteiger partial charge < -0.3 is 19.4 Å². The zero-order valence-electron chi connectivity index (χ0n) is 16.3. The molecule has 2 aromatic carbocycles.